The Kier molecular flexibility index (Phi) is 4.97. The number of carbonyl (C=O) groups excluding carboxylic acids is 1. The number of hydrogen-bond acceptors (Lipinski definition) is 7. The highest BCUT2D eigenvalue weighted by Gasteiger charge is 2.20. The van der Waals surface area contributed by atoms with Crippen molar-refractivity contribution in [1.82, 2.24) is 4.98 Å². The van der Waals surface area contributed by atoms with Crippen molar-refractivity contribution in [3.05, 3.63) is 68.9 Å². The van der Waals surface area contributed by atoms with Gasteiger partial charge in [0.2, 0.25) is 0 Å². The maximum absolute atomic E-state index is 11.7. The van der Waals surface area contributed by atoms with E-state index in [0.29, 0.717) is 16.6 Å². The highest BCUT2D eigenvalue weighted by molar-refractivity contribution is 6.07. The number of rotatable bonds is 5. The number of aromatic carboxylic acids is 1. The number of nitro groups is 1. The third-order valence-corrected chi connectivity index (χ3v) is 4.24. The van der Waals surface area contributed by atoms with Crippen molar-refractivity contribution in [1.29, 1.82) is 0 Å². The molecule has 9 heteroatoms. The number of nitro benzene ring substituents is 1. The first-order valence-corrected chi connectivity index (χ1v) is 8.25. The second kappa shape index (κ2) is 7.39. The van der Waals surface area contributed by atoms with Gasteiger partial charge in [-0.3, -0.25) is 14.9 Å². The van der Waals surface area contributed by atoms with Gasteiger partial charge < -0.3 is 15.3 Å². The van der Waals surface area contributed by atoms with Crippen molar-refractivity contribution < 1.29 is 29.8 Å². The quantitative estimate of drug-likeness (QED) is 0.337. The lowest BCUT2D eigenvalue weighted by Gasteiger charge is -2.06. The number of carbonyl (C=O) groups is 2. The lowest BCUT2D eigenvalue weighted by atomic mass is 10.0. The van der Waals surface area contributed by atoms with Gasteiger partial charge in [0.15, 0.2) is 5.78 Å². The number of fused-ring (bicyclic) bond motifs is 1. The molecule has 1 heterocycles. The lowest BCUT2D eigenvalue weighted by molar-refractivity contribution is -0.385. The largest absolute Gasteiger partial charge is 0.507 e. The molecular weight excluding hydrogens is 380 g/mol. The van der Waals surface area contributed by atoms with Crippen LogP contribution in [0.3, 0.4) is 0 Å². The Balaban J connectivity index is 2.10. The van der Waals surface area contributed by atoms with E-state index in [0.717, 1.165) is 12.1 Å². The van der Waals surface area contributed by atoms with E-state index in [1.807, 2.05) is 0 Å². The molecule has 3 aromatic rings. The Labute approximate surface area is 163 Å². The molecule has 0 radical (unpaired) electrons. The highest BCUT2D eigenvalue weighted by atomic mass is 16.6. The molecular formula is C20H14N2O7. The van der Waals surface area contributed by atoms with Crippen LogP contribution in [-0.4, -0.2) is 37.0 Å². The predicted molar refractivity (Wildman–Crippen MR) is 104 cm³/mol. The zero-order valence-electron chi connectivity index (χ0n) is 15.0. The molecule has 3 rings (SSSR count). The van der Waals surface area contributed by atoms with Crippen molar-refractivity contribution in [3.63, 3.8) is 0 Å². The first-order valence-electron chi connectivity index (χ1n) is 8.25. The van der Waals surface area contributed by atoms with E-state index < -0.39 is 27.9 Å². The molecule has 29 heavy (non-hydrogen) atoms. The molecule has 0 aliphatic rings. The molecule has 0 aliphatic carbocycles. The molecule has 0 fully saturated rings. The normalized spacial score (nSPS) is 11.1. The Hall–Kier alpha value is -4.27. The van der Waals surface area contributed by atoms with Gasteiger partial charge >= 0.3 is 5.97 Å². The van der Waals surface area contributed by atoms with Gasteiger partial charge in [0.25, 0.3) is 5.69 Å². The van der Waals surface area contributed by atoms with Gasteiger partial charge in [-0.1, -0.05) is 0 Å². The van der Waals surface area contributed by atoms with E-state index in [-0.39, 0.29) is 22.6 Å². The zero-order chi connectivity index (χ0) is 21.3. The van der Waals surface area contributed by atoms with Crippen LogP contribution in [0.25, 0.3) is 23.1 Å². The fourth-order valence-electron chi connectivity index (χ4n) is 2.85. The summed E-state index contributed by atoms with van der Waals surface area (Å²) in [6.07, 6.45) is 2.67. The van der Waals surface area contributed by atoms with E-state index in [2.05, 4.69) is 4.98 Å². The number of phenols is 2. The number of phenolic OH excluding ortho intramolecular Hbond substituents is 1. The van der Waals surface area contributed by atoms with E-state index in [1.54, 1.807) is 12.1 Å². The minimum Gasteiger partial charge on any atom is -0.507 e. The zero-order valence-corrected chi connectivity index (χ0v) is 15.0. The SMILES string of the molecule is CC(=O)c1ccc(O)c2nc(C=Cc3cc(C(=O)O)c(O)cc3[N+](=O)[O-])ccc12. The monoisotopic (exact) mass is 394 g/mol. The van der Waals surface area contributed by atoms with Crippen molar-refractivity contribution in [2.45, 2.75) is 6.92 Å². The van der Waals surface area contributed by atoms with E-state index in [4.69, 9.17) is 5.11 Å². The molecule has 146 valence electrons. The van der Waals surface area contributed by atoms with Crippen LogP contribution in [0.5, 0.6) is 11.5 Å². The second-order valence-corrected chi connectivity index (χ2v) is 6.14. The van der Waals surface area contributed by atoms with Crippen molar-refractivity contribution >= 4 is 40.5 Å². The molecule has 0 amide bonds. The summed E-state index contributed by atoms with van der Waals surface area (Å²) in [5.74, 6) is -2.48. The highest BCUT2D eigenvalue weighted by Crippen LogP contribution is 2.30. The van der Waals surface area contributed by atoms with Gasteiger partial charge in [-0.15, -0.1) is 0 Å². The summed E-state index contributed by atoms with van der Waals surface area (Å²) in [5.41, 5.74) is -0.120. The molecule has 3 N–H and O–H groups in total. The van der Waals surface area contributed by atoms with Crippen molar-refractivity contribution in [3.8, 4) is 11.5 Å². The minimum absolute atomic E-state index is 0.0474. The Morgan fingerprint density at radius 1 is 1.03 bits per heavy atom. The fraction of sp³-hybridized carbons (Fsp3) is 0.0500. The summed E-state index contributed by atoms with van der Waals surface area (Å²) in [7, 11) is 0. The number of carboxylic acid groups (broad SMARTS) is 1. The molecule has 0 atom stereocenters. The Morgan fingerprint density at radius 2 is 1.76 bits per heavy atom. The molecule has 0 spiro atoms. The van der Waals surface area contributed by atoms with Crippen LogP contribution in [0.4, 0.5) is 5.69 Å². The standard InChI is InChI=1S/C20H14N2O7/c1-10(23)13-6-7-17(24)19-14(13)5-4-12(21-19)3-2-11-8-15(20(26)27)18(25)9-16(11)22(28)29/h2-9,24-25H,1H3,(H,26,27). The average Bonchev–Trinajstić information content (AvgIpc) is 2.66. The second-order valence-electron chi connectivity index (χ2n) is 6.14. The number of ketones is 1. The number of carboxylic acids is 1. The van der Waals surface area contributed by atoms with Crippen LogP contribution >= 0.6 is 0 Å². The van der Waals surface area contributed by atoms with Crippen LogP contribution in [0.15, 0.2) is 36.4 Å². The molecule has 0 unspecified atom stereocenters. The van der Waals surface area contributed by atoms with Crippen LogP contribution in [0.2, 0.25) is 0 Å². The van der Waals surface area contributed by atoms with Gasteiger partial charge in [-0.05, 0) is 49.4 Å². The maximum atomic E-state index is 11.7. The molecule has 0 bridgehead atoms. The maximum Gasteiger partial charge on any atom is 0.339 e. The summed E-state index contributed by atoms with van der Waals surface area (Å²) in [5, 5.41) is 40.5. The van der Waals surface area contributed by atoms with E-state index in [1.165, 1.54) is 31.2 Å². The average molecular weight is 394 g/mol. The van der Waals surface area contributed by atoms with Crippen molar-refractivity contribution in [2.24, 2.45) is 0 Å². The summed E-state index contributed by atoms with van der Waals surface area (Å²) in [6, 6.07) is 7.73. The molecule has 9 nitrogen and oxygen atoms in total. The molecule has 2 aromatic carbocycles. The van der Waals surface area contributed by atoms with E-state index in [9.17, 15) is 29.9 Å². The first kappa shape index (κ1) is 19.5. The van der Waals surface area contributed by atoms with Crippen LogP contribution in [0, 0.1) is 10.1 Å². The minimum atomic E-state index is -1.43. The smallest absolute Gasteiger partial charge is 0.339 e. The van der Waals surface area contributed by atoms with Crippen LogP contribution in [0.1, 0.15) is 38.9 Å². The number of nitrogens with zero attached hydrogens (tertiary/aromatic N) is 2. The first-order chi connectivity index (χ1) is 13.7. The Bertz CT molecular complexity index is 1220. The predicted octanol–water partition coefficient (Wildman–Crippen LogP) is 3.63. The molecule has 0 saturated carbocycles. The summed E-state index contributed by atoms with van der Waals surface area (Å²) in [4.78, 5) is 37.6. The van der Waals surface area contributed by atoms with Gasteiger partial charge in [0.1, 0.15) is 22.6 Å². The Morgan fingerprint density at radius 3 is 2.38 bits per heavy atom. The van der Waals surface area contributed by atoms with Crippen LogP contribution in [-0.2, 0) is 0 Å². The summed E-state index contributed by atoms with van der Waals surface area (Å²) >= 11 is 0. The summed E-state index contributed by atoms with van der Waals surface area (Å²) in [6.45, 7) is 1.39. The van der Waals surface area contributed by atoms with Gasteiger partial charge in [-0.2, -0.15) is 0 Å². The molecule has 0 aliphatic heterocycles. The van der Waals surface area contributed by atoms with Gasteiger partial charge in [0.05, 0.1) is 22.2 Å². The number of hydrogen-bond donors (Lipinski definition) is 3. The molecule has 1 aromatic heterocycles. The molecule has 0 saturated heterocycles. The topological polar surface area (TPSA) is 151 Å². The van der Waals surface area contributed by atoms with Crippen molar-refractivity contribution in [2.75, 3.05) is 0 Å². The lowest BCUT2D eigenvalue weighted by Crippen LogP contribution is -2.00. The third-order valence-electron chi connectivity index (χ3n) is 4.24. The third kappa shape index (κ3) is 3.74. The van der Waals surface area contributed by atoms with Crippen LogP contribution < -0.4 is 0 Å². The summed E-state index contributed by atoms with van der Waals surface area (Å²) < 4.78 is 0. The number of Topliss-reactive ketones (excluding diaryl/α,β-unsaturated/α-hetero) is 1. The van der Waals surface area contributed by atoms with E-state index >= 15 is 0 Å². The van der Waals surface area contributed by atoms with Gasteiger partial charge in [-0.25, -0.2) is 9.78 Å². The number of aromatic hydroxyl groups is 2. The number of benzene rings is 2. The number of pyridine rings is 1. The number of aromatic nitrogens is 1. The fourth-order valence-corrected chi connectivity index (χ4v) is 2.85. The van der Waals surface area contributed by atoms with Gasteiger partial charge in [0, 0.05) is 10.9 Å².